The summed E-state index contributed by atoms with van der Waals surface area (Å²) >= 11 is 0. The molecule has 1 aromatic rings. The average Bonchev–Trinajstić information content (AvgIpc) is 3.30. The van der Waals surface area contributed by atoms with E-state index in [1.54, 1.807) is 7.05 Å². The van der Waals surface area contributed by atoms with Crippen molar-refractivity contribution in [3.8, 4) is 5.75 Å². The topological polar surface area (TPSA) is 75.2 Å². The second kappa shape index (κ2) is 11.8. The maximum atomic E-state index is 12.2. The van der Waals surface area contributed by atoms with Gasteiger partial charge in [0, 0.05) is 33.3 Å². The monoisotopic (exact) mass is 416 g/mol. The molecule has 3 rings (SSSR count). The third-order valence-electron chi connectivity index (χ3n) is 5.91. The summed E-state index contributed by atoms with van der Waals surface area (Å²) in [6, 6.07) is 7.69. The predicted octanol–water partition coefficient (Wildman–Crippen LogP) is 2.95. The van der Waals surface area contributed by atoms with E-state index in [9.17, 15) is 4.79 Å². The van der Waals surface area contributed by atoms with Gasteiger partial charge in [0.25, 0.3) is 5.91 Å². The van der Waals surface area contributed by atoms with Crippen LogP contribution in [-0.4, -0.2) is 57.9 Å². The second-order valence-corrected chi connectivity index (χ2v) is 7.91. The molecule has 1 amide bonds. The minimum Gasteiger partial charge on any atom is -0.482 e. The smallest absolute Gasteiger partial charge is 0.265 e. The molecule has 1 saturated carbocycles. The highest BCUT2D eigenvalue weighted by molar-refractivity contribution is 5.97. The normalized spacial score (nSPS) is 18.1. The van der Waals surface area contributed by atoms with Crippen molar-refractivity contribution in [1.82, 2.24) is 10.6 Å². The standard InChI is InChI=1S/C23H36N4O3/c1-3-29-20(18-9-4-5-10-18)13-15-26-23(24-2)25-14-8-16-27-19-11-6-7-12-21(19)30-17-22(27)28/h6-7,11-12,18,20H,3-5,8-10,13-17H2,1-2H3,(H2,24,25,26). The van der Waals surface area contributed by atoms with E-state index in [2.05, 4.69) is 22.5 Å². The van der Waals surface area contributed by atoms with E-state index in [1.807, 2.05) is 29.2 Å². The van der Waals surface area contributed by atoms with Crippen LogP contribution in [0.15, 0.2) is 29.3 Å². The fourth-order valence-corrected chi connectivity index (χ4v) is 4.39. The van der Waals surface area contributed by atoms with Gasteiger partial charge in [-0.2, -0.15) is 0 Å². The van der Waals surface area contributed by atoms with Gasteiger partial charge >= 0.3 is 0 Å². The number of hydrogen-bond acceptors (Lipinski definition) is 4. The molecular weight excluding hydrogens is 380 g/mol. The van der Waals surface area contributed by atoms with Crippen molar-refractivity contribution in [3.05, 3.63) is 24.3 Å². The molecule has 2 aliphatic rings. The molecular formula is C23H36N4O3. The maximum Gasteiger partial charge on any atom is 0.265 e. The summed E-state index contributed by atoms with van der Waals surface area (Å²) < 4.78 is 11.5. The summed E-state index contributed by atoms with van der Waals surface area (Å²) in [5, 5.41) is 6.75. The van der Waals surface area contributed by atoms with Crippen molar-refractivity contribution >= 4 is 17.6 Å². The number of amides is 1. The Labute approximate surface area is 180 Å². The van der Waals surface area contributed by atoms with E-state index >= 15 is 0 Å². The second-order valence-electron chi connectivity index (χ2n) is 7.91. The quantitative estimate of drug-likeness (QED) is 0.348. The summed E-state index contributed by atoms with van der Waals surface area (Å²) in [7, 11) is 1.79. The van der Waals surface area contributed by atoms with E-state index in [-0.39, 0.29) is 12.5 Å². The van der Waals surface area contributed by atoms with Gasteiger partial charge in [-0.3, -0.25) is 9.79 Å². The van der Waals surface area contributed by atoms with E-state index in [0.29, 0.717) is 18.6 Å². The zero-order valence-corrected chi connectivity index (χ0v) is 18.4. The number of fused-ring (bicyclic) bond motifs is 1. The van der Waals surface area contributed by atoms with Gasteiger partial charge in [-0.1, -0.05) is 25.0 Å². The van der Waals surface area contributed by atoms with E-state index in [4.69, 9.17) is 9.47 Å². The SMILES string of the molecule is CCOC(CCNC(=NC)NCCCN1C(=O)COc2ccccc21)C1CCCC1. The molecule has 0 aromatic heterocycles. The number of carbonyl (C=O) groups is 1. The number of nitrogens with zero attached hydrogens (tertiary/aromatic N) is 2. The lowest BCUT2D eigenvalue weighted by Crippen LogP contribution is -2.42. The van der Waals surface area contributed by atoms with Crippen molar-refractivity contribution in [2.75, 3.05) is 44.8 Å². The van der Waals surface area contributed by atoms with Crippen molar-refractivity contribution in [2.24, 2.45) is 10.9 Å². The number of ether oxygens (including phenoxy) is 2. The molecule has 1 aliphatic carbocycles. The number of guanidine groups is 1. The molecule has 1 aliphatic heterocycles. The molecule has 30 heavy (non-hydrogen) atoms. The number of hydrogen-bond donors (Lipinski definition) is 2. The largest absolute Gasteiger partial charge is 0.482 e. The lowest BCUT2D eigenvalue weighted by Gasteiger charge is -2.29. The first-order valence-electron chi connectivity index (χ1n) is 11.3. The van der Waals surface area contributed by atoms with Crippen LogP contribution < -0.4 is 20.3 Å². The van der Waals surface area contributed by atoms with E-state index in [0.717, 1.165) is 49.9 Å². The van der Waals surface area contributed by atoms with Gasteiger partial charge in [0.15, 0.2) is 12.6 Å². The number of rotatable bonds is 10. The Hall–Kier alpha value is -2.28. The molecule has 7 heteroatoms. The van der Waals surface area contributed by atoms with Crippen LogP contribution in [0, 0.1) is 5.92 Å². The first-order valence-corrected chi connectivity index (χ1v) is 11.3. The Morgan fingerprint density at radius 2 is 2.03 bits per heavy atom. The minimum absolute atomic E-state index is 0.00471. The molecule has 0 bridgehead atoms. The number of nitrogens with one attached hydrogen (secondary N) is 2. The Kier molecular flexibility index (Phi) is 8.81. The van der Waals surface area contributed by atoms with Gasteiger partial charge in [0.05, 0.1) is 11.8 Å². The fourth-order valence-electron chi connectivity index (χ4n) is 4.39. The fraction of sp³-hybridized carbons (Fsp3) is 0.652. The molecule has 1 unspecified atom stereocenters. The Morgan fingerprint density at radius 3 is 2.80 bits per heavy atom. The Balaban J connectivity index is 1.38. The average molecular weight is 417 g/mol. The zero-order chi connectivity index (χ0) is 21.2. The van der Waals surface area contributed by atoms with Crippen molar-refractivity contribution in [1.29, 1.82) is 0 Å². The van der Waals surface area contributed by atoms with E-state index in [1.165, 1.54) is 25.7 Å². The van der Waals surface area contributed by atoms with Gasteiger partial charge in [0.1, 0.15) is 5.75 Å². The molecule has 1 atom stereocenters. The van der Waals surface area contributed by atoms with E-state index < -0.39 is 0 Å². The highest BCUT2D eigenvalue weighted by Gasteiger charge is 2.25. The van der Waals surface area contributed by atoms with Crippen LogP contribution >= 0.6 is 0 Å². The zero-order valence-electron chi connectivity index (χ0n) is 18.4. The number of anilines is 1. The van der Waals surface area contributed by atoms with Crippen LogP contribution in [0.5, 0.6) is 5.75 Å². The molecule has 1 fully saturated rings. The van der Waals surface area contributed by atoms with Gasteiger partial charge in [-0.25, -0.2) is 0 Å². The maximum absolute atomic E-state index is 12.2. The number of carbonyl (C=O) groups excluding carboxylic acids is 1. The summed E-state index contributed by atoms with van der Waals surface area (Å²) in [5.74, 6) is 2.28. The van der Waals surface area contributed by atoms with Gasteiger partial charge in [-0.15, -0.1) is 0 Å². The lowest BCUT2D eigenvalue weighted by molar-refractivity contribution is -0.121. The molecule has 7 nitrogen and oxygen atoms in total. The number of para-hydroxylation sites is 2. The molecule has 166 valence electrons. The molecule has 1 heterocycles. The van der Waals surface area contributed by atoms with Crippen molar-refractivity contribution < 1.29 is 14.3 Å². The van der Waals surface area contributed by atoms with Crippen LogP contribution in [-0.2, 0) is 9.53 Å². The van der Waals surface area contributed by atoms with Crippen LogP contribution in [0.4, 0.5) is 5.69 Å². The van der Waals surface area contributed by atoms with Crippen molar-refractivity contribution in [3.63, 3.8) is 0 Å². The lowest BCUT2D eigenvalue weighted by atomic mass is 9.98. The van der Waals surface area contributed by atoms with Gasteiger partial charge in [-0.05, 0) is 50.7 Å². The van der Waals surface area contributed by atoms with Crippen LogP contribution in [0.1, 0.15) is 45.4 Å². The third-order valence-corrected chi connectivity index (χ3v) is 5.91. The van der Waals surface area contributed by atoms with Crippen LogP contribution in [0.3, 0.4) is 0 Å². The predicted molar refractivity (Wildman–Crippen MR) is 120 cm³/mol. The van der Waals surface area contributed by atoms with Gasteiger partial charge < -0.3 is 25.0 Å². The molecule has 0 saturated heterocycles. The first-order chi connectivity index (χ1) is 14.7. The molecule has 2 N–H and O–H groups in total. The first kappa shape index (κ1) is 22.4. The van der Waals surface area contributed by atoms with Crippen LogP contribution in [0.2, 0.25) is 0 Å². The highest BCUT2D eigenvalue weighted by atomic mass is 16.5. The number of aliphatic imine (C=N–C) groups is 1. The summed E-state index contributed by atoms with van der Waals surface area (Å²) in [6.45, 7) is 5.19. The Morgan fingerprint density at radius 1 is 1.27 bits per heavy atom. The number of benzene rings is 1. The molecule has 1 aromatic carbocycles. The van der Waals surface area contributed by atoms with Gasteiger partial charge in [0.2, 0.25) is 0 Å². The van der Waals surface area contributed by atoms with Crippen molar-refractivity contribution in [2.45, 2.75) is 51.6 Å². The summed E-state index contributed by atoms with van der Waals surface area (Å²) in [4.78, 5) is 18.4. The summed E-state index contributed by atoms with van der Waals surface area (Å²) in [5.41, 5.74) is 0.852. The molecule has 0 spiro atoms. The minimum atomic E-state index is 0.00471. The Bertz CT molecular complexity index is 703. The van der Waals surface area contributed by atoms with Crippen LogP contribution in [0.25, 0.3) is 0 Å². The molecule has 0 radical (unpaired) electrons. The highest BCUT2D eigenvalue weighted by Crippen LogP contribution is 2.31. The third kappa shape index (κ3) is 6.11. The summed E-state index contributed by atoms with van der Waals surface area (Å²) in [6.07, 6.45) is 7.42.